The standard InChI is InChI=1S/C13H15N5O2/c1-2-15-11-7-12(17-8-16-11)20-10-5-3-9(4-6-10)18-13(14)19/h3-8H,2H2,1H3,(H3,14,18,19)(H,15,16,17). The van der Waals surface area contributed by atoms with Gasteiger partial charge in [-0.25, -0.2) is 14.8 Å². The molecule has 2 rings (SSSR count). The number of nitrogens with one attached hydrogen (secondary N) is 2. The van der Waals surface area contributed by atoms with Crippen LogP contribution in [0.4, 0.5) is 16.3 Å². The van der Waals surface area contributed by atoms with E-state index in [1.165, 1.54) is 6.33 Å². The highest BCUT2D eigenvalue weighted by Crippen LogP contribution is 2.22. The second-order valence-corrected chi connectivity index (χ2v) is 3.89. The fourth-order valence-electron chi connectivity index (χ4n) is 1.54. The molecule has 4 N–H and O–H groups in total. The van der Waals surface area contributed by atoms with Crippen LogP contribution in [-0.4, -0.2) is 22.5 Å². The fraction of sp³-hybridized carbons (Fsp3) is 0.154. The van der Waals surface area contributed by atoms with Crippen molar-refractivity contribution in [3.05, 3.63) is 36.7 Å². The minimum Gasteiger partial charge on any atom is -0.439 e. The number of amides is 2. The molecule has 0 spiro atoms. The van der Waals surface area contributed by atoms with Crippen LogP contribution in [0.5, 0.6) is 11.6 Å². The van der Waals surface area contributed by atoms with Gasteiger partial charge in [0.25, 0.3) is 0 Å². The average molecular weight is 273 g/mol. The predicted molar refractivity (Wildman–Crippen MR) is 75.9 cm³/mol. The maximum absolute atomic E-state index is 10.7. The Bertz CT molecular complexity index is 586. The first-order valence-corrected chi connectivity index (χ1v) is 6.07. The summed E-state index contributed by atoms with van der Waals surface area (Å²) in [7, 11) is 0. The van der Waals surface area contributed by atoms with Gasteiger partial charge < -0.3 is 21.1 Å². The van der Waals surface area contributed by atoms with E-state index in [-0.39, 0.29) is 0 Å². The highest BCUT2D eigenvalue weighted by Gasteiger charge is 2.02. The molecule has 0 atom stereocenters. The number of benzene rings is 1. The molecule has 0 aliphatic heterocycles. The second kappa shape index (κ2) is 6.37. The molecule has 1 aromatic heterocycles. The number of urea groups is 1. The molecule has 2 aromatic rings. The number of hydrogen-bond acceptors (Lipinski definition) is 5. The second-order valence-electron chi connectivity index (χ2n) is 3.89. The van der Waals surface area contributed by atoms with Crippen molar-refractivity contribution in [2.24, 2.45) is 5.73 Å². The zero-order valence-electron chi connectivity index (χ0n) is 11.0. The zero-order valence-corrected chi connectivity index (χ0v) is 11.0. The third-order valence-electron chi connectivity index (χ3n) is 2.34. The van der Waals surface area contributed by atoms with Gasteiger partial charge in [0.2, 0.25) is 5.88 Å². The lowest BCUT2D eigenvalue weighted by Gasteiger charge is -2.07. The third kappa shape index (κ3) is 3.84. The van der Waals surface area contributed by atoms with Crippen LogP contribution >= 0.6 is 0 Å². The van der Waals surface area contributed by atoms with Crippen LogP contribution < -0.4 is 21.1 Å². The molecule has 0 saturated carbocycles. The zero-order chi connectivity index (χ0) is 14.4. The largest absolute Gasteiger partial charge is 0.439 e. The maximum atomic E-state index is 10.7. The predicted octanol–water partition coefficient (Wildman–Crippen LogP) is 2.19. The van der Waals surface area contributed by atoms with Crippen LogP contribution in [0.25, 0.3) is 0 Å². The number of aromatic nitrogens is 2. The number of primary amides is 1. The number of ether oxygens (including phenoxy) is 1. The highest BCUT2D eigenvalue weighted by molar-refractivity contribution is 5.87. The molecule has 7 heteroatoms. The number of rotatable bonds is 5. The van der Waals surface area contributed by atoms with E-state index in [4.69, 9.17) is 10.5 Å². The van der Waals surface area contributed by atoms with Crippen molar-refractivity contribution in [1.29, 1.82) is 0 Å². The first kappa shape index (κ1) is 13.6. The van der Waals surface area contributed by atoms with Crippen molar-refractivity contribution in [2.75, 3.05) is 17.2 Å². The Morgan fingerprint density at radius 3 is 2.70 bits per heavy atom. The minimum atomic E-state index is -0.607. The third-order valence-corrected chi connectivity index (χ3v) is 2.34. The van der Waals surface area contributed by atoms with Crippen LogP contribution in [0.15, 0.2) is 36.7 Å². The number of carbonyl (C=O) groups is 1. The number of nitrogens with zero attached hydrogens (tertiary/aromatic N) is 2. The van der Waals surface area contributed by atoms with Crippen molar-refractivity contribution in [3.8, 4) is 11.6 Å². The van der Waals surface area contributed by atoms with Gasteiger partial charge in [-0.05, 0) is 31.2 Å². The first-order valence-electron chi connectivity index (χ1n) is 6.07. The van der Waals surface area contributed by atoms with E-state index in [1.54, 1.807) is 30.3 Å². The smallest absolute Gasteiger partial charge is 0.316 e. The van der Waals surface area contributed by atoms with Crippen molar-refractivity contribution in [3.63, 3.8) is 0 Å². The Labute approximate surface area is 116 Å². The van der Waals surface area contributed by atoms with E-state index in [0.29, 0.717) is 23.1 Å². The topological polar surface area (TPSA) is 102 Å². The van der Waals surface area contributed by atoms with Gasteiger partial charge in [-0.3, -0.25) is 0 Å². The van der Waals surface area contributed by atoms with E-state index >= 15 is 0 Å². The van der Waals surface area contributed by atoms with E-state index in [2.05, 4.69) is 20.6 Å². The molecular formula is C13H15N5O2. The van der Waals surface area contributed by atoms with Gasteiger partial charge in [-0.2, -0.15) is 0 Å². The van der Waals surface area contributed by atoms with Gasteiger partial charge >= 0.3 is 6.03 Å². The van der Waals surface area contributed by atoms with E-state index in [0.717, 1.165) is 6.54 Å². The summed E-state index contributed by atoms with van der Waals surface area (Å²) in [5.74, 6) is 1.73. The monoisotopic (exact) mass is 273 g/mol. The minimum absolute atomic E-state index is 0.437. The summed E-state index contributed by atoms with van der Waals surface area (Å²) in [5.41, 5.74) is 5.62. The number of anilines is 2. The van der Waals surface area contributed by atoms with Crippen LogP contribution in [0, 0.1) is 0 Å². The maximum Gasteiger partial charge on any atom is 0.316 e. The Kier molecular flexibility index (Phi) is 4.33. The molecule has 104 valence electrons. The number of carbonyl (C=O) groups excluding carboxylic acids is 1. The van der Waals surface area contributed by atoms with Gasteiger partial charge in [0.05, 0.1) is 0 Å². The lowest BCUT2D eigenvalue weighted by Crippen LogP contribution is -2.19. The molecule has 0 bridgehead atoms. The SMILES string of the molecule is CCNc1cc(Oc2ccc(NC(N)=O)cc2)ncn1. The van der Waals surface area contributed by atoms with Crippen molar-refractivity contribution >= 4 is 17.5 Å². The lowest BCUT2D eigenvalue weighted by molar-refractivity contribution is 0.259. The molecule has 1 heterocycles. The Hall–Kier alpha value is -2.83. The van der Waals surface area contributed by atoms with E-state index in [1.807, 2.05) is 6.92 Å². The molecule has 0 aliphatic carbocycles. The van der Waals surface area contributed by atoms with Gasteiger partial charge in [-0.1, -0.05) is 0 Å². The molecule has 20 heavy (non-hydrogen) atoms. The summed E-state index contributed by atoms with van der Waals surface area (Å²) in [6, 6.07) is 7.89. The molecule has 1 aromatic carbocycles. The molecular weight excluding hydrogens is 258 g/mol. The summed E-state index contributed by atoms with van der Waals surface area (Å²) in [4.78, 5) is 18.8. The van der Waals surface area contributed by atoms with Crippen molar-refractivity contribution < 1.29 is 9.53 Å². The number of nitrogens with two attached hydrogens (primary N) is 1. The lowest BCUT2D eigenvalue weighted by atomic mass is 10.3. The molecule has 0 unspecified atom stereocenters. The molecule has 0 saturated heterocycles. The Morgan fingerprint density at radius 1 is 1.30 bits per heavy atom. The van der Waals surface area contributed by atoms with Crippen molar-refractivity contribution in [2.45, 2.75) is 6.92 Å². The highest BCUT2D eigenvalue weighted by atomic mass is 16.5. The van der Waals surface area contributed by atoms with Gasteiger partial charge in [0.15, 0.2) is 0 Å². The Balaban J connectivity index is 2.05. The summed E-state index contributed by atoms with van der Waals surface area (Å²) in [5, 5.41) is 5.54. The molecule has 0 fully saturated rings. The molecule has 7 nitrogen and oxygen atoms in total. The van der Waals surface area contributed by atoms with Crippen LogP contribution in [0.1, 0.15) is 6.92 Å². The molecule has 2 amide bonds. The van der Waals surface area contributed by atoms with Gasteiger partial charge in [0.1, 0.15) is 17.9 Å². The molecule has 0 aliphatic rings. The first-order chi connectivity index (χ1) is 9.67. The summed E-state index contributed by atoms with van der Waals surface area (Å²) >= 11 is 0. The Morgan fingerprint density at radius 2 is 2.05 bits per heavy atom. The summed E-state index contributed by atoms with van der Waals surface area (Å²) < 4.78 is 5.59. The van der Waals surface area contributed by atoms with Gasteiger partial charge in [-0.15, -0.1) is 0 Å². The van der Waals surface area contributed by atoms with E-state index in [9.17, 15) is 4.79 Å². The summed E-state index contributed by atoms with van der Waals surface area (Å²) in [6.07, 6.45) is 1.43. The van der Waals surface area contributed by atoms with Crippen molar-refractivity contribution in [1.82, 2.24) is 9.97 Å². The fourth-order valence-corrected chi connectivity index (χ4v) is 1.54. The van der Waals surface area contributed by atoms with Gasteiger partial charge in [0, 0.05) is 18.3 Å². The summed E-state index contributed by atoms with van der Waals surface area (Å²) in [6.45, 7) is 2.75. The van der Waals surface area contributed by atoms with Crippen LogP contribution in [0.3, 0.4) is 0 Å². The quantitative estimate of drug-likeness (QED) is 0.775. The normalized spacial score (nSPS) is 9.85. The van der Waals surface area contributed by atoms with Crippen LogP contribution in [-0.2, 0) is 0 Å². The number of hydrogen-bond donors (Lipinski definition) is 3. The average Bonchev–Trinajstić information content (AvgIpc) is 2.41. The van der Waals surface area contributed by atoms with E-state index < -0.39 is 6.03 Å². The molecule has 0 radical (unpaired) electrons. The van der Waals surface area contributed by atoms with Crippen LogP contribution in [0.2, 0.25) is 0 Å².